The molecule has 1 atom stereocenters. The summed E-state index contributed by atoms with van der Waals surface area (Å²) in [4.78, 5) is 18.5. The van der Waals surface area contributed by atoms with Gasteiger partial charge in [0.25, 0.3) is 0 Å². The molecule has 4 nitrogen and oxygen atoms in total. The number of amides is 1. The quantitative estimate of drug-likeness (QED) is 0.938. The van der Waals surface area contributed by atoms with E-state index in [1.807, 2.05) is 30.0 Å². The molecule has 21 heavy (non-hydrogen) atoms. The number of aromatic nitrogens is 1. The first-order valence-electron chi connectivity index (χ1n) is 7.58. The van der Waals surface area contributed by atoms with Gasteiger partial charge < -0.3 is 10.2 Å². The van der Waals surface area contributed by atoms with Crippen molar-refractivity contribution < 1.29 is 4.79 Å². The molecule has 2 aromatic rings. The maximum absolute atomic E-state index is 12.0. The van der Waals surface area contributed by atoms with Crippen LogP contribution in [0.25, 0.3) is 10.9 Å². The molecule has 1 aromatic heterocycles. The summed E-state index contributed by atoms with van der Waals surface area (Å²) in [6, 6.07) is 10.4. The molecule has 0 spiro atoms. The zero-order chi connectivity index (χ0) is 14.8. The maximum atomic E-state index is 12.0. The Morgan fingerprint density at radius 3 is 3.00 bits per heavy atom. The standard InChI is InChI=1S/C17H21N3O/c1-3-8-20-11-13(10-17(20)21)19-16-9-12(2)18-15-7-5-4-6-14(15)16/h4-7,9,13H,3,8,10-11H2,1-2H3,(H,18,19). The zero-order valence-electron chi connectivity index (χ0n) is 12.6. The number of pyridine rings is 1. The van der Waals surface area contributed by atoms with Crippen molar-refractivity contribution in [3.63, 3.8) is 0 Å². The van der Waals surface area contributed by atoms with E-state index in [-0.39, 0.29) is 11.9 Å². The van der Waals surface area contributed by atoms with Gasteiger partial charge in [-0.2, -0.15) is 0 Å². The summed E-state index contributed by atoms with van der Waals surface area (Å²) in [7, 11) is 0. The Morgan fingerprint density at radius 1 is 1.38 bits per heavy atom. The van der Waals surface area contributed by atoms with E-state index in [1.54, 1.807) is 0 Å². The van der Waals surface area contributed by atoms with E-state index in [0.717, 1.165) is 41.8 Å². The minimum Gasteiger partial charge on any atom is -0.379 e. The molecule has 1 aromatic carbocycles. The van der Waals surface area contributed by atoms with E-state index in [0.29, 0.717) is 6.42 Å². The first-order valence-corrected chi connectivity index (χ1v) is 7.58. The summed E-state index contributed by atoms with van der Waals surface area (Å²) in [5.74, 6) is 0.254. The molecule has 0 radical (unpaired) electrons. The van der Waals surface area contributed by atoms with Crippen molar-refractivity contribution in [1.29, 1.82) is 0 Å². The number of aryl methyl sites for hydroxylation is 1. The van der Waals surface area contributed by atoms with Crippen LogP contribution in [0.2, 0.25) is 0 Å². The van der Waals surface area contributed by atoms with E-state index in [2.05, 4.69) is 29.4 Å². The number of anilines is 1. The molecular weight excluding hydrogens is 262 g/mol. The molecular formula is C17H21N3O. The summed E-state index contributed by atoms with van der Waals surface area (Å²) in [5, 5.41) is 4.66. The van der Waals surface area contributed by atoms with Gasteiger partial charge in [0.15, 0.2) is 0 Å². The van der Waals surface area contributed by atoms with Gasteiger partial charge in [-0.05, 0) is 25.5 Å². The lowest BCUT2D eigenvalue weighted by atomic mass is 10.1. The van der Waals surface area contributed by atoms with Crippen LogP contribution in [-0.4, -0.2) is 34.9 Å². The van der Waals surface area contributed by atoms with Gasteiger partial charge in [0.1, 0.15) is 0 Å². The number of nitrogens with one attached hydrogen (secondary N) is 1. The molecule has 2 heterocycles. The fourth-order valence-corrected chi connectivity index (χ4v) is 3.00. The third kappa shape index (κ3) is 2.84. The molecule has 0 saturated carbocycles. The Labute approximate surface area is 125 Å². The topological polar surface area (TPSA) is 45.2 Å². The van der Waals surface area contributed by atoms with Crippen LogP contribution >= 0.6 is 0 Å². The number of nitrogens with zero attached hydrogens (tertiary/aromatic N) is 2. The molecule has 1 aliphatic rings. The van der Waals surface area contributed by atoms with Crippen molar-refractivity contribution in [2.75, 3.05) is 18.4 Å². The second kappa shape index (κ2) is 5.72. The van der Waals surface area contributed by atoms with Gasteiger partial charge in [-0.1, -0.05) is 25.1 Å². The summed E-state index contributed by atoms with van der Waals surface area (Å²) in [5.41, 5.74) is 3.06. The highest BCUT2D eigenvalue weighted by atomic mass is 16.2. The number of carbonyl (C=O) groups is 1. The lowest BCUT2D eigenvalue weighted by Crippen LogP contribution is -2.28. The molecule has 4 heteroatoms. The van der Waals surface area contributed by atoms with Crippen molar-refractivity contribution in [3.05, 3.63) is 36.0 Å². The number of fused-ring (bicyclic) bond motifs is 1. The number of hydrogen-bond acceptors (Lipinski definition) is 3. The highest BCUT2D eigenvalue weighted by Gasteiger charge is 2.28. The van der Waals surface area contributed by atoms with Crippen LogP contribution in [0.4, 0.5) is 5.69 Å². The smallest absolute Gasteiger partial charge is 0.224 e. The molecule has 1 amide bonds. The van der Waals surface area contributed by atoms with Gasteiger partial charge in [-0.15, -0.1) is 0 Å². The number of para-hydroxylation sites is 1. The lowest BCUT2D eigenvalue weighted by molar-refractivity contribution is -0.127. The van der Waals surface area contributed by atoms with E-state index < -0.39 is 0 Å². The first kappa shape index (κ1) is 13.9. The van der Waals surface area contributed by atoms with Crippen molar-refractivity contribution in [1.82, 2.24) is 9.88 Å². The van der Waals surface area contributed by atoms with Crippen molar-refractivity contribution in [2.45, 2.75) is 32.7 Å². The third-order valence-corrected chi connectivity index (χ3v) is 3.91. The van der Waals surface area contributed by atoms with E-state index in [9.17, 15) is 4.79 Å². The van der Waals surface area contributed by atoms with Gasteiger partial charge in [0.2, 0.25) is 5.91 Å². The van der Waals surface area contributed by atoms with Crippen molar-refractivity contribution in [3.8, 4) is 0 Å². The van der Waals surface area contributed by atoms with Crippen molar-refractivity contribution >= 4 is 22.5 Å². The van der Waals surface area contributed by atoms with Crippen LogP contribution in [0.5, 0.6) is 0 Å². The summed E-state index contributed by atoms with van der Waals surface area (Å²) < 4.78 is 0. The summed E-state index contributed by atoms with van der Waals surface area (Å²) in [6.07, 6.45) is 1.59. The molecule has 0 bridgehead atoms. The summed E-state index contributed by atoms with van der Waals surface area (Å²) >= 11 is 0. The van der Waals surface area contributed by atoms with Gasteiger partial charge in [-0.3, -0.25) is 9.78 Å². The van der Waals surface area contributed by atoms with E-state index in [4.69, 9.17) is 0 Å². The van der Waals surface area contributed by atoms with Crippen LogP contribution in [0, 0.1) is 6.92 Å². The number of likely N-dealkylation sites (tertiary alicyclic amines) is 1. The number of benzene rings is 1. The molecule has 1 N–H and O–H groups in total. The Bertz CT molecular complexity index is 668. The second-order valence-corrected chi connectivity index (χ2v) is 5.71. The molecule has 110 valence electrons. The molecule has 1 saturated heterocycles. The van der Waals surface area contributed by atoms with Gasteiger partial charge in [0.05, 0.1) is 11.6 Å². The molecule has 1 unspecified atom stereocenters. The Kier molecular flexibility index (Phi) is 3.78. The first-order chi connectivity index (χ1) is 10.2. The molecule has 1 aliphatic heterocycles. The second-order valence-electron chi connectivity index (χ2n) is 5.71. The normalized spacial score (nSPS) is 18.5. The average molecular weight is 283 g/mol. The Balaban J connectivity index is 1.84. The van der Waals surface area contributed by atoms with Crippen LogP contribution < -0.4 is 5.32 Å². The minimum absolute atomic E-state index is 0.189. The van der Waals surface area contributed by atoms with Crippen molar-refractivity contribution in [2.24, 2.45) is 0 Å². The van der Waals surface area contributed by atoms with E-state index >= 15 is 0 Å². The number of hydrogen-bond donors (Lipinski definition) is 1. The van der Waals surface area contributed by atoms with E-state index in [1.165, 1.54) is 0 Å². The minimum atomic E-state index is 0.189. The van der Waals surface area contributed by atoms with Gasteiger partial charge in [-0.25, -0.2) is 0 Å². The predicted octanol–water partition coefficient (Wildman–Crippen LogP) is 2.97. The zero-order valence-corrected chi connectivity index (χ0v) is 12.6. The fourth-order valence-electron chi connectivity index (χ4n) is 3.00. The fraction of sp³-hybridized carbons (Fsp3) is 0.412. The van der Waals surface area contributed by atoms with Crippen LogP contribution in [0.1, 0.15) is 25.5 Å². The molecule has 3 rings (SSSR count). The van der Waals surface area contributed by atoms with Gasteiger partial charge >= 0.3 is 0 Å². The van der Waals surface area contributed by atoms with Crippen LogP contribution in [-0.2, 0) is 4.79 Å². The Morgan fingerprint density at radius 2 is 2.19 bits per heavy atom. The lowest BCUT2D eigenvalue weighted by Gasteiger charge is -2.18. The maximum Gasteiger partial charge on any atom is 0.224 e. The van der Waals surface area contributed by atoms with Crippen LogP contribution in [0.15, 0.2) is 30.3 Å². The highest BCUT2D eigenvalue weighted by molar-refractivity contribution is 5.92. The van der Waals surface area contributed by atoms with Crippen LogP contribution in [0.3, 0.4) is 0 Å². The van der Waals surface area contributed by atoms with Gasteiger partial charge in [0, 0.05) is 36.3 Å². The average Bonchev–Trinajstić information content (AvgIpc) is 2.79. The highest BCUT2D eigenvalue weighted by Crippen LogP contribution is 2.25. The predicted molar refractivity (Wildman–Crippen MR) is 85.4 cm³/mol. The molecule has 0 aliphatic carbocycles. The Hall–Kier alpha value is -2.10. The monoisotopic (exact) mass is 283 g/mol. The largest absolute Gasteiger partial charge is 0.379 e. The summed E-state index contributed by atoms with van der Waals surface area (Å²) in [6.45, 7) is 5.75. The SMILES string of the molecule is CCCN1CC(Nc2cc(C)nc3ccccc23)CC1=O. The third-order valence-electron chi connectivity index (χ3n) is 3.91. The molecule has 1 fully saturated rings. The number of carbonyl (C=O) groups excluding carboxylic acids is 1. The number of rotatable bonds is 4.